The van der Waals surface area contributed by atoms with Crippen LogP contribution in [0.2, 0.25) is 0 Å². The standard InChI is InChI=1S/C15H18N2O2/c1-15(19)7-9-17(10-14(15)18)13-6-8-16-12-5-3-2-4-11(12)13/h2-6,8,14,18-19H,7,9-10H2,1H3. The first-order chi connectivity index (χ1) is 9.08. The van der Waals surface area contributed by atoms with Crippen LogP contribution in [-0.2, 0) is 0 Å². The van der Waals surface area contributed by atoms with Crippen LogP contribution in [0.15, 0.2) is 36.5 Å². The lowest BCUT2D eigenvalue weighted by Crippen LogP contribution is -2.54. The molecule has 2 unspecified atom stereocenters. The summed E-state index contributed by atoms with van der Waals surface area (Å²) in [6.07, 6.45) is 1.62. The number of anilines is 1. The molecule has 1 aromatic heterocycles. The van der Waals surface area contributed by atoms with Gasteiger partial charge in [-0.3, -0.25) is 4.98 Å². The maximum Gasteiger partial charge on any atom is 0.0999 e. The SMILES string of the molecule is CC1(O)CCN(c2ccnc3ccccc23)CC1O. The number of hydrogen-bond donors (Lipinski definition) is 2. The van der Waals surface area contributed by atoms with E-state index in [2.05, 4.69) is 9.88 Å². The number of rotatable bonds is 1. The molecule has 0 saturated carbocycles. The predicted octanol–water partition coefficient (Wildman–Crippen LogP) is 1.56. The van der Waals surface area contributed by atoms with Crippen LogP contribution in [0.1, 0.15) is 13.3 Å². The number of hydrogen-bond acceptors (Lipinski definition) is 4. The lowest BCUT2D eigenvalue weighted by Gasteiger charge is -2.41. The lowest BCUT2D eigenvalue weighted by atomic mass is 9.90. The number of nitrogens with zero attached hydrogens (tertiary/aromatic N) is 2. The van der Waals surface area contributed by atoms with Gasteiger partial charge in [0.1, 0.15) is 0 Å². The highest BCUT2D eigenvalue weighted by atomic mass is 16.3. The second-order valence-electron chi connectivity index (χ2n) is 5.42. The summed E-state index contributed by atoms with van der Waals surface area (Å²) in [7, 11) is 0. The molecule has 0 amide bonds. The van der Waals surface area contributed by atoms with E-state index < -0.39 is 11.7 Å². The van der Waals surface area contributed by atoms with Gasteiger partial charge in [0.05, 0.1) is 17.2 Å². The van der Waals surface area contributed by atoms with E-state index in [1.807, 2.05) is 30.3 Å². The monoisotopic (exact) mass is 258 g/mol. The van der Waals surface area contributed by atoms with Crippen molar-refractivity contribution in [3.8, 4) is 0 Å². The zero-order valence-electron chi connectivity index (χ0n) is 11.0. The summed E-state index contributed by atoms with van der Waals surface area (Å²) in [5.74, 6) is 0. The molecule has 1 fully saturated rings. The smallest absolute Gasteiger partial charge is 0.0999 e. The quantitative estimate of drug-likeness (QED) is 0.815. The van der Waals surface area contributed by atoms with Gasteiger partial charge in [0.25, 0.3) is 0 Å². The summed E-state index contributed by atoms with van der Waals surface area (Å²) in [6, 6.07) is 9.94. The Bertz CT molecular complexity index is 592. The molecule has 1 aliphatic heterocycles. The third kappa shape index (κ3) is 2.17. The highest BCUT2D eigenvalue weighted by Gasteiger charge is 2.36. The number of para-hydroxylation sites is 1. The van der Waals surface area contributed by atoms with Gasteiger partial charge in [-0.15, -0.1) is 0 Å². The van der Waals surface area contributed by atoms with Crippen molar-refractivity contribution in [2.24, 2.45) is 0 Å². The Kier molecular flexibility index (Phi) is 2.92. The van der Waals surface area contributed by atoms with Gasteiger partial charge >= 0.3 is 0 Å². The minimum absolute atomic E-state index is 0.445. The molecule has 4 nitrogen and oxygen atoms in total. The molecule has 2 N–H and O–H groups in total. The zero-order chi connectivity index (χ0) is 13.5. The van der Waals surface area contributed by atoms with E-state index in [1.54, 1.807) is 13.1 Å². The van der Waals surface area contributed by atoms with Crippen molar-refractivity contribution in [3.63, 3.8) is 0 Å². The molecule has 1 aromatic carbocycles. The number of aromatic nitrogens is 1. The van der Waals surface area contributed by atoms with Crippen LogP contribution < -0.4 is 4.90 Å². The molecule has 19 heavy (non-hydrogen) atoms. The third-order valence-electron chi connectivity index (χ3n) is 3.97. The number of aliphatic hydroxyl groups excluding tert-OH is 1. The topological polar surface area (TPSA) is 56.6 Å². The molecule has 1 aliphatic rings. The van der Waals surface area contributed by atoms with Crippen LogP contribution in [0.25, 0.3) is 10.9 Å². The second kappa shape index (κ2) is 4.47. The summed E-state index contributed by atoms with van der Waals surface area (Å²) in [4.78, 5) is 6.46. The van der Waals surface area contributed by atoms with Crippen LogP contribution in [0, 0.1) is 0 Å². The number of pyridine rings is 1. The summed E-state index contributed by atoms with van der Waals surface area (Å²) in [6.45, 7) is 2.87. The molecule has 1 saturated heterocycles. The summed E-state index contributed by atoms with van der Waals surface area (Å²) in [5, 5.41) is 21.1. The molecule has 100 valence electrons. The van der Waals surface area contributed by atoms with Gasteiger partial charge in [-0.2, -0.15) is 0 Å². The molecule has 0 spiro atoms. The van der Waals surface area contributed by atoms with Gasteiger partial charge in [-0.05, 0) is 25.5 Å². The first kappa shape index (κ1) is 12.4. The van der Waals surface area contributed by atoms with Crippen molar-refractivity contribution in [3.05, 3.63) is 36.5 Å². The van der Waals surface area contributed by atoms with E-state index in [1.165, 1.54) is 0 Å². The number of fused-ring (bicyclic) bond motifs is 1. The molecule has 2 heterocycles. The van der Waals surface area contributed by atoms with Gasteiger partial charge in [-0.1, -0.05) is 18.2 Å². The van der Waals surface area contributed by atoms with Crippen LogP contribution in [-0.4, -0.2) is 40.0 Å². The Morgan fingerprint density at radius 2 is 2.11 bits per heavy atom. The number of benzene rings is 1. The molecular weight excluding hydrogens is 240 g/mol. The molecular formula is C15H18N2O2. The highest BCUT2D eigenvalue weighted by molar-refractivity contribution is 5.91. The van der Waals surface area contributed by atoms with Gasteiger partial charge in [0, 0.05) is 30.4 Å². The highest BCUT2D eigenvalue weighted by Crippen LogP contribution is 2.30. The first-order valence-corrected chi connectivity index (χ1v) is 6.57. The van der Waals surface area contributed by atoms with Crippen molar-refractivity contribution in [2.75, 3.05) is 18.0 Å². The second-order valence-corrected chi connectivity index (χ2v) is 5.42. The normalized spacial score (nSPS) is 27.7. The Morgan fingerprint density at radius 1 is 1.32 bits per heavy atom. The Labute approximate surface area is 112 Å². The van der Waals surface area contributed by atoms with E-state index in [-0.39, 0.29) is 0 Å². The Balaban J connectivity index is 1.97. The van der Waals surface area contributed by atoms with Crippen molar-refractivity contribution in [2.45, 2.75) is 25.0 Å². The molecule has 2 aromatic rings. The fourth-order valence-corrected chi connectivity index (χ4v) is 2.60. The number of aliphatic hydroxyl groups is 2. The van der Waals surface area contributed by atoms with Crippen molar-refractivity contribution in [1.82, 2.24) is 4.98 Å². The fraction of sp³-hybridized carbons (Fsp3) is 0.400. The van der Waals surface area contributed by atoms with Crippen molar-refractivity contribution in [1.29, 1.82) is 0 Å². The minimum Gasteiger partial charge on any atom is -0.388 e. The van der Waals surface area contributed by atoms with E-state index >= 15 is 0 Å². The lowest BCUT2D eigenvalue weighted by molar-refractivity contribution is -0.0721. The molecule has 0 aliphatic carbocycles. The Hall–Kier alpha value is -1.65. The van der Waals surface area contributed by atoms with Crippen LogP contribution in [0.4, 0.5) is 5.69 Å². The molecule has 3 rings (SSSR count). The first-order valence-electron chi connectivity index (χ1n) is 6.57. The van der Waals surface area contributed by atoms with E-state index in [4.69, 9.17) is 0 Å². The molecule has 2 atom stereocenters. The van der Waals surface area contributed by atoms with Crippen LogP contribution in [0.3, 0.4) is 0 Å². The largest absolute Gasteiger partial charge is 0.388 e. The van der Waals surface area contributed by atoms with Gasteiger partial charge in [0.15, 0.2) is 0 Å². The van der Waals surface area contributed by atoms with Crippen molar-refractivity contribution < 1.29 is 10.2 Å². The minimum atomic E-state index is -0.987. The molecule has 4 heteroatoms. The van der Waals surface area contributed by atoms with E-state index in [0.29, 0.717) is 13.0 Å². The molecule has 0 bridgehead atoms. The number of piperidine rings is 1. The maximum absolute atomic E-state index is 10.0. The number of β-amino-alcohol motifs (C(OH)–C–C–N with tert-alkyl or cyclic N) is 1. The van der Waals surface area contributed by atoms with Gasteiger partial charge in [0.2, 0.25) is 0 Å². The average Bonchev–Trinajstić information content (AvgIpc) is 2.41. The fourth-order valence-electron chi connectivity index (χ4n) is 2.60. The van der Waals surface area contributed by atoms with E-state index in [9.17, 15) is 10.2 Å². The van der Waals surface area contributed by atoms with Gasteiger partial charge < -0.3 is 15.1 Å². The van der Waals surface area contributed by atoms with Crippen molar-refractivity contribution >= 4 is 16.6 Å². The summed E-state index contributed by atoms with van der Waals surface area (Å²) in [5.41, 5.74) is 1.03. The maximum atomic E-state index is 10.0. The van der Waals surface area contributed by atoms with Crippen LogP contribution >= 0.6 is 0 Å². The summed E-state index contributed by atoms with van der Waals surface area (Å²) < 4.78 is 0. The van der Waals surface area contributed by atoms with E-state index in [0.717, 1.165) is 23.1 Å². The molecule has 0 radical (unpaired) electrons. The Morgan fingerprint density at radius 3 is 2.89 bits per heavy atom. The van der Waals surface area contributed by atoms with Gasteiger partial charge in [-0.25, -0.2) is 0 Å². The predicted molar refractivity (Wildman–Crippen MR) is 75.2 cm³/mol. The van der Waals surface area contributed by atoms with Crippen LogP contribution in [0.5, 0.6) is 0 Å². The average molecular weight is 258 g/mol. The summed E-state index contributed by atoms with van der Waals surface area (Å²) >= 11 is 0. The third-order valence-corrected chi connectivity index (χ3v) is 3.97. The zero-order valence-corrected chi connectivity index (χ0v) is 11.0.